The summed E-state index contributed by atoms with van der Waals surface area (Å²) in [5.41, 5.74) is -0.104. The third-order valence-electron chi connectivity index (χ3n) is 4.44. The van der Waals surface area contributed by atoms with E-state index in [1.165, 1.54) is 17.1 Å². The summed E-state index contributed by atoms with van der Waals surface area (Å²) in [6.07, 6.45) is 8.44. The highest BCUT2D eigenvalue weighted by Crippen LogP contribution is 2.22. The van der Waals surface area contributed by atoms with E-state index in [1.807, 2.05) is 0 Å². The van der Waals surface area contributed by atoms with Gasteiger partial charge >= 0.3 is 0 Å². The van der Waals surface area contributed by atoms with Crippen molar-refractivity contribution in [3.63, 3.8) is 0 Å². The predicted molar refractivity (Wildman–Crippen MR) is 98.1 cm³/mol. The summed E-state index contributed by atoms with van der Waals surface area (Å²) in [5.74, 6) is 1.72. The lowest BCUT2D eigenvalue weighted by Crippen LogP contribution is -2.37. The largest absolute Gasteiger partial charge is 0.341 e. The summed E-state index contributed by atoms with van der Waals surface area (Å²) in [6, 6.07) is 3.18. The SMILES string of the molecule is O=c1ccc(-n2cncn2)nn1CC1CCN(c2ncc(Br)cn2)CC1. The van der Waals surface area contributed by atoms with Crippen LogP contribution < -0.4 is 10.5 Å². The van der Waals surface area contributed by atoms with E-state index < -0.39 is 0 Å². The Kier molecular flexibility index (Phi) is 4.74. The summed E-state index contributed by atoms with van der Waals surface area (Å²) < 4.78 is 3.94. The molecule has 0 N–H and O–H groups in total. The van der Waals surface area contributed by atoms with E-state index in [0.717, 1.165) is 36.4 Å². The van der Waals surface area contributed by atoms with Gasteiger partial charge in [-0.3, -0.25) is 4.79 Å². The van der Waals surface area contributed by atoms with Crippen LogP contribution in [0.4, 0.5) is 5.95 Å². The molecule has 4 heterocycles. The number of nitrogens with zero attached hydrogens (tertiary/aromatic N) is 8. The summed E-state index contributed by atoms with van der Waals surface area (Å²) in [6.45, 7) is 2.32. The van der Waals surface area contributed by atoms with E-state index in [4.69, 9.17) is 0 Å². The van der Waals surface area contributed by atoms with Gasteiger partial charge in [0.25, 0.3) is 5.56 Å². The Hall–Kier alpha value is -2.62. The lowest BCUT2D eigenvalue weighted by Gasteiger charge is -2.31. The van der Waals surface area contributed by atoms with Gasteiger partial charge in [-0.15, -0.1) is 5.10 Å². The van der Waals surface area contributed by atoms with Crippen molar-refractivity contribution in [3.05, 3.63) is 52.0 Å². The van der Waals surface area contributed by atoms with Crippen molar-refractivity contribution < 1.29 is 0 Å². The van der Waals surface area contributed by atoms with Gasteiger partial charge in [-0.25, -0.2) is 24.3 Å². The maximum Gasteiger partial charge on any atom is 0.266 e. The standard InChI is InChI=1S/C16H17BrN8O/c17-13-7-19-16(20-8-13)23-5-3-12(4-6-23)9-24-15(26)2-1-14(22-24)25-11-18-10-21-25/h1-2,7-8,10-12H,3-6,9H2. The lowest BCUT2D eigenvalue weighted by atomic mass is 9.97. The van der Waals surface area contributed by atoms with E-state index in [1.54, 1.807) is 29.5 Å². The third-order valence-corrected chi connectivity index (χ3v) is 4.85. The first-order valence-electron chi connectivity index (χ1n) is 8.35. The summed E-state index contributed by atoms with van der Waals surface area (Å²) in [4.78, 5) is 26.9. The molecular formula is C16H17BrN8O. The molecule has 0 spiro atoms. The fourth-order valence-corrected chi connectivity index (χ4v) is 3.25. The topological polar surface area (TPSA) is 94.6 Å². The van der Waals surface area contributed by atoms with Gasteiger partial charge in [0, 0.05) is 38.1 Å². The maximum absolute atomic E-state index is 12.2. The number of hydrogen-bond acceptors (Lipinski definition) is 7. The van der Waals surface area contributed by atoms with Crippen molar-refractivity contribution in [1.82, 2.24) is 34.5 Å². The molecule has 3 aromatic rings. The Morgan fingerprint density at radius 2 is 1.92 bits per heavy atom. The number of rotatable bonds is 4. The highest BCUT2D eigenvalue weighted by molar-refractivity contribution is 9.10. The van der Waals surface area contributed by atoms with Gasteiger partial charge < -0.3 is 4.90 Å². The first kappa shape index (κ1) is 16.8. The first-order valence-corrected chi connectivity index (χ1v) is 9.14. The smallest absolute Gasteiger partial charge is 0.266 e. The summed E-state index contributed by atoms with van der Waals surface area (Å²) in [5, 5.41) is 8.47. The van der Waals surface area contributed by atoms with Gasteiger partial charge in [-0.1, -0.05) is 0 Å². The quantitative estimate of drug-likeness (QED) is 0.632. The number of halogens is 1. The second-order valence-corrected chi connectivity index (χ2v) is 7.10. The molecule has 0 aromatic carbocycles. The zero-order valence-electron chi connectivity index (χ0n) is 13.9. The highest BCUT2D eigenvalue weighted by Gasteiger charge is 2.22. The Balaban J connectivity index is 1.42. The van der Waals surface area contributed by atoms with Gasteiger partial charge in [-0.2, -0.15) is 5.10 Å². The molecule has 134 valence electrons. The monoisotopic (exact) mass is 416 g/mol. The van der Waals surface area contributed by atoms with Gasteiger partial charge in [0.2, 0.25) is 5.95 Å². The zero-order valence-corrected chi connectivity index (χ0v) is 15.5. The van der Waals surface area contributed by atoms with Crippen molar-refractivity contribution >= 4 is 21.9 Å². The molecule has 1 fully saturated rings. The molecule has 0 unspecified atom stereocenters. The van der Waals surface area contributed by atoms with Gasteiger partial charge in [0.05, 0.1) is 4.47 Å². The minimum Gasteiger partial charge on any atom is -0.341 e. The average molecular weight is 417 g/mol. The van der Waals surface area contributed by atoms with E-state index in [9.17, 15) is 4.79 Å². The van der Waals surface area contributed by atoms with Crippen molar-refractivity contribution in [2.45, 2.75) is 19.4 Å². The summed E-state index contributed by atoms with van der Waals surface area (Å²) >= 11 is 3.35. The minimum atomic E-state index is -0.104. The maximum atomic E-state index is 12.2. The molecule has 26 heavy (non-hydrogen) atoms. The van der Waals surface area contributed by atoms with Gasteiger partial charge in [-0.05, 0) is 40.8 Å². The second-order valence-electron chi connectivity index (χ2n) is 6.18. The molecule has 1 aliphatic heterocycles. The van der Waals surface area contributed by atoms with Gasteiger partial charge in [0.15, 0.2) is 5.82 Å². The Bertz CT molecular complexity index is 916. The van der Waals surface area contributed by atoms with Crippen molar-refractivity contribution in [1.29, 1.82) is 0 Å². The number of aromatic nitrogens is 7. The Morgan fingerprint density at radius 1 is 1.15 bits per heavy atom. The molecule has 1 aliphatic rings. The number of piperidine rings is 1. The molecule has 0 radical (unpaired) electrons. The lowest BCUT2D eigenvalue weighted by molar-refractivity contribution is 0.333. The van der Waals surface area contributed by atoms with Crippen LogP contribution in [0, 0.1) is 5.92 Å². The van der Waals surface area contributed by atoms with Crippen molar-refractivity contribution in [2.24, 2.45) is 5.92 Å². The van der Waals surface area contributed by atoms with Gasteiger partial charge in [0.1, 0.15) is 12.7 Å². The molecule has 0 amide bonds. The second kappa shape index (κ2) is 7.32. The minimum absolute atomic E-state index is 0.104. The zero-order chi connectivity index (χ0) is 17.9. The van der Waals surface area contributed by atoms with E-state index in [0.29, 0.717) is 18.3 Å². The molecular weight excluding hydrogens is 400 g/mol. The van der Waals surface area contributed by atoms with Crippen LogP contribution in [0.2, 0.25) is 0 Å². The number of hydrogen-bond donors (Lipinski definition) is 0. The van der Waals surface area contributed by atoms with Crippen molar-refractivity contribution in [3.8, 4) is 5.82 Å². The van der Waals surface area contributed by atoms with Crippen LogP contribution in [0.3, 0.4) is 0 Å². The van der Waals surface area contributed by atoms with E-state index >= 15 is 0 Å². The van der Waals surface area contributed by atoms with Crippen LogP contribution in [0.5, 0.6) is 0 Å². The predicted octanol–water partition coefficient (Wildman–Crippen LogP) is 1.29. The fourth-order valence-electron chi connectivity index (χ4n) is 3.05. The molecule has 0 bridgehead atoms. The Morgan fingerprint density at radius 3 is 2.62 bits per heavy atom. The molecule has 3 aromatic heterocycles. The molecule has 0 atom stereocenters. The molecule has 0 aliphatic carbocycles. The van der Waals surface area contributed by atoms with Crippen molar-refractivity contribution in [2.75, 3.05) is 18.0 Å². The van der Waals surface area contributed by atoms with Crippen LogP contribution in [-0.2, 0) is 6.54 Å². The third kappa shape index (κ3) is 3.64. The van der Waals surface area contributed by atoms with E-state index in [-0.39, 0.29) is 5.56 Å². The summed E-state index contributed by atoms with van der Waals surface area (Å²) in [7, 11) is 0. The molecule has 1 saturated heterocycles. The van der Waals surface area contributed by atoms with Crippen LogP contribution in [0.25, 0.3) is 5.82 Å². The highest BCUT2D eigenvalue weighted by atomic mass is 79.9. The first-order chi connectivity index (χ1) is 12.7. The molecule has 0 saturated carbocycles. The molecule has 10 heteroatoms. The normalized spacial score (nSPS) is 15.3. The van der Waals surface area contributed by atoms with E-state index in [2.05, 4.69) is 46.0 Å². The van der Waals surface area contributed by atoms with Crippen LogP contribution in [-0.4, -0.2) is 47.6 Å². The fraction of sp³-hybridized carbons (Fsp3) is 0.375. The average Bonchev–Trinajstić information content (AvgIpc) is 3.20. The van der Waals surface area contributed by atoms with Crippen LogP contribution in [0.15, 0.2) is 46.4 Å². The molecule has 9 nitrogen and oxygen atoms in total. The van der Waals surface area contributed by atoms with Crippen LogP contribution >= 0.6 is 15.9 Å². The Labute approximate surface area is 157 Å². The molecule has 4 rings (SSSR count). The number of anilines is 1. The van der Waals surface area contributed by atoms with Crippen LogP contribution in [0.1, 0.15) is 12.8 Å².